The molecule has 4 aromatic rings. The summed E-state index contributed by atoms with van der Waals surface area (Å²) < 4.78 is 1.08. The number of thioether (sulfide) groups is 1. The number of carbonyl (C=O) groups is 1. The number of halogens is 1. The Balaban J connectivity index is 1.37. The summed E-state index contributed by atoms with van der Waals surface area (Å²) in [6.45, 7) is 3.66. The second kappa shape index (κ2) is 12.1. The summed E-state index contributed by atoms with van der Waals surface area (Å²) in [6, 6.07) is 20.7. The van der Waals surface area contributed by atoms with Gasteiger partial charge in [0.15, 0.2) is 0 Å². The van der Waals surface area contributed by atoms with E-state index in [1.165, 1.54) is 5.56 Å². The van der Waals surface area contributed by atoms with Crippen molar-refractivity contribution in [2.45, 2.75) is 56.8 Å². The molecular formula is C33H34ClNO3S2. The van der Waals surface area contributed by atoms with E-state index in [0.717, 1.165) is 64.0 Å². The van der Waals surface area contributed by atoms with Crippen LogP contribution in [0.1, 0.15) is 72.7 Å². The quantitative estimate of drug-likeness (QED) is 0.172. The number of nitrogens with zero attached hydrogens (tertiary/aromatic N) is 1. The van der Waals surface area contributed by atoms with Crippen molar-refractivity contribution in [3.05, 3.63) is 99.0 Å². The maximum absolute atomic E-state index is 11.5. The Bertz CT molecular complexity index is 1530. The largest absolute Gasteiger partial charge is 0.481 e. The lowest BCUT2D eigenvalue weighted by molar-refractivity contribution is -0.138. The fraction of sp³-hybridized carbons (Fsp3) is 0.333. The number of thiophene rings is 1. The Hall–Kier alpha value is -2.64. The van der Waals surface area contributed by atoms with Crippen LogP contribution in [0.2, 0.25) is 5.02 Å². The van der Waals surface area contributed by atoms with Crippen LogP contribution >= 0.6 is 34.7 Å². The summed E-state index contributed by atoms with van der Waals surface area (Å²) in [5.41, 5.74) is 5.12. The van der Waals surface area contributed by atoms with E-state index in [1.807, 2.05) is 61.3 Å². The van der Waals surface area contributed by atoms with Gasteiger partial charge >= 0.3 is 5.97 Å². The van der Waals surface area contributed by atoms with Crippen molar-refractivity contribution in [3.63, 3.8) is 0 Å². The van der Waals surface area contributed by atoms with Crippen LogP contribution in [0.5, 0.6) is 0 Å². The third kappa shape index (κ3) is 7.16. The maximum atomic E-state index is 11.5. The molecule has 0 aliphatic heterocycles. The number of hydrogen-bond donors (Lipinski definition) is 2. The highest BCUT2D eigenvalue weighted by Gasteiger charge is 2.44. The number of rotatable bonds is 12. The monoisotopic (exact) mass is 591 g/mol. The summed E-state index contributed by atoms with van der Waals surface area (Å²) in [4.78, 5) is 16.2. The Morgan fingerprint density at radius 1 is 1.15 bits per heavy atom. The number of aromatic nitrogens is 1. The fourth-order valence-electron chi connectivity index (χ4n) is 5.15. The standard InChI is InChI=1S/C33H34ClNO3S2/c1-32(2,38)26-9-4-3-7-23(26)11-14-28(40-21-33(16-17-33)19-30(36)37)24-8-5-6-22(18-24)10-12-25-13-15-29-31(35-25)27(34)20-39-29/h3-10,12-13,15,18,20,28,38H,11,14,16-17,19,21H2,1-2H3,(H,36,37). The van der Waals surface area contributed by atoms with Gasteiger partial charge in [-0.1, -0.05) is 66.2 Å². The summed E-state index contributed by atoms with van der Waals surface area (Å²) in [7, 11) is 0. The number of benzene rings is 2. The molecule has 2 heterocycles. The minimum absolute atomic E-state index is 0.0789. The van der Waals surface area contributed by atoms with Gasteiger partial charge in [-0.3, -0.25) is 4.79 Å². The zero-order valence-corrected chi connectivity index (χ0v) is 25.2. The molecule has 1 aliphatic rings. The molecule has 5 rings (SSSR count). The molecule has 0 bridgehead atoms. The number of carboxylic acid groups (broad SMARTS) is 1. The number of aryl methyl sites for hydroxylation is 1. The molecule has 1 saturated carbocycles. The van der Waals surface area contributed by atoms with Gasteiger partial charge in [-0.05, 0) is 85.4 Å². The minimum atomic E-state index is -0.909. The lowest BCUT2D eigenvalue weighted by Gasteiger charge is -2.24. The number of fused-ring (bicyclic) bond motifs is 1. The van der Waals surface area contributed by atoms with Gasteiger partial charge in [-0.15, -0.1) is 11.3 Å². The smallest absolute Gasteiger partial charge is 0.303 e. The predicted octanol–water partition coefficient (Wildman–Crippen LogP) is 9.01. The summed E-state index contributed by atoms with van der Waals surface area (Å²) in [5, 5.41) is 22.9. The van der Waals surface area contributed by atoms with Gasteiger partial charge in [-0.25, -0.2) is 4.98 Å². The molecule has 1 aliphatic carbocycles. The van der Waals surface area contributed by atoms with E-state index >= 15 is 0 Å². The molecule has 4 nitrogen and oxygen atoms in total. The average Bonchev–Trinajstić information content (AvgIpc) is 3.58. The summed E-state index contributed by atoms with van der Waals surface area (Å²) >= 11 is 9.76. The molecule has 0 radical (unpaired) electrons. The first-order valence-corrected chi connectivity index (χ1v) is 15.9. The summed E-state index contributed by atoms with van der Waals surface area (Å²) in [6.07, 6.45) is 8.01. The zero-order valence-electron chi connectivity index (χ0n) is 22.8. The van der Waals surface area contributed by atoms with E-state index in [1.54, 1.807) is 11.3 Å². The van der Waals surface area contributed by atoms with Crippen molar-refractivity contribution in [3.8, 4) is 0 Å². The topological polar surface area (TPSA) is 70.4 Å². The van der Waals surface area contributed by atoms with Crippen LogP contribution in [0.15, 0.2) is 66.0 Å². The molecule has 2 aromatic carbocycles. The lowest BCUT2D eigenvalue weighted by atomic mass is 9.90. The van der Waals surface area contributed by atoms with Crippen LogP contribution in [0.4, 0.5) is 0 Å². The Morgan fingerprint density at radius 3 is 2.70 bits per heavy atom. The van der Waals surface area contributed by atoms with Crippen molar-refractivity contribution in [1.82, 2.24) is 4.98 Å². The van der Waals surface area contributed by atoms with Crippen molar-refractivity contribution in [2.75, 3.05) is 5.75 Å². The highest BCUT2D eigenvalue weighted by Crippen LogP contribution is 2.53. The third-order valence-electron chi connectivity index (χ3n) is 7.55. The first-order chi connectivity index (χ1) is 19.1. The van der Waals surface area contributed by atoms with Crippen molar-refractivity contribution >= 4 is 63.0 Å². The Morgan fingerprint density at radius 2 is 1.95 bits per heavy atom. The SMILES string of the molecule is CC(C)(O)c1ccccc1CCC(SCC1(CC(=O)O)CC1)c1cccc(C=Cc2ccc3scc(Cl)c3n2)c1. The normalized spacial score (nSPS) is 15.5. The van der Waals surface area contributed by atoms with Gasteiger partial charge in [0.25, 0.3) is 0 Å². The molecule has 0 saturated heterocycles. The van der Waals surface area contributed by atoms with E-state index in [2.05, 4.69) is 42.5 Å². The molecule has 1 atom stereocenters. The van der Waals surface area contributed by atoms with Gasteiger partial charge in [0, 0.05) is 16.4 Å². The maximum Gasteiger partial charge on any atom is 0.303 e. The van der Waals surface area contributed by atoms with Crippen LogP contribution < -0.4 is 0 Å². The highest BCUT2D eigenvalue weighted by atomic mass is 35.5. The van der Waals surface area contributed by atoms with Crippen LogP contribution in [0.3, 0.4) is 0 Å². The van der Waals surface area contributed by atoms with E-state index in [-0.39, 0.29) is 17.1 Å². The highest BCUT2D eigenvalue weighted by molar-refractivity contribution is 7.99. The van der Waals surface area contributed by atoms with E-state index < -0.39 is 11.6 Å². The first-order valence-electron chi connectivity index (χ1n) is 13.6. The summed E-state index contributed by atoms with van der Waals surface area (Å²) in [5.74, 6) is 0.124. The molecule has 7 heteroatoms. The van der Waals surface area contributed by atoms with Crippen LogP contribution in [0.25, 0.3) is 22.4 Å². The van der Waals surface area contributed by atoms with E-state index in [9.17, 15) is 15.0 Å². The number of aliphatic carboxylic acids is 1. The molecule has 0 spiro atoms. The molecule has 208 valence electrons. The molecule has 1 unspecified atom stereocenters. The Kier molecular flexibility index (Phi) is 8.72. The average molecular weight is 592 g/mol. The molecule has 1 fully saturated rings. The second-order valence-electron chi connectivity index (χ2n) is 11.3. The Labute approximate surface area is 249 Å². The number of hydrogen-bond acceptors (Lipinski definition) is 5. The zero-order chi connectivity index (χ0) is 28.3. The number of carboxylic acids is 1. The molecule has 40 heavy (non-hydrogen) atoms. The van der Waals surface area contributed by atoms with Gasteiger partial charge in [-0.2, -0.15) is 11.8 Å². The van der Waals surface area contributed by atoms with Crippen molar-refractivity contribution in [1.29, 1.82) is 0 Å². The second-order valence-corrected chi connectivity index (χ2v) is 13.8. The molecule has 2 aromatic heterocycles. The van der Waals surface area contributed by atoms with E-state index in [0.29, 0.717) is 5.02 Å². The van der Waals surface area contributed by atoms with Gasteiger partial charge in [0.05, 0.1) is 27.4 Å². The molecule has 2 N–H and O–H groups in total. The first kappa shape index (κ1) is 28.9. The fourth-order valence-corrected chi connectivity index (χ4v) is 7.81. The third-order valence-corrected chi connectivity index (χ3v) is 10.6. The van der Waals surface area contributed by atoms with E-state index in [4.69, 9.17) is 16.6 Å². The van der Waals surface area contributed by atoms with Crippen LogP contribution in [-0.4, -0.2) is 26.9 Å². The van der Waals surface area contributed by atoms with Gasteiger partial charge in [0.1, 0.15) is 5.52 Å². The number of pyridine rings is 1. The van der Waals surface area contributed by atoms with Crippen molar-refractivity contribution in [2.24, 2.45) is 5.41 Å². The van der Waals surface area contributed by atoms with Crippen LogP contribution in [-0.2, 0) is 16.8 Å². The lowest BCUT2D eigenvalue weighted by Crippen LogP contribution is -2.18. The molecule has 0 amide bonds. The minimum Gasteiger partial charge on any atom is -0.481 e. The van der Waals surface area contributed by atoms with Gasteiger partial charge in [0.2, 0.25) is 0 Å². The van der Waals surface area contributed by atoms with Gasteiger partial charge < -0.3 is 10.2 Å². The van der Waals surface area contributed by atoms with Crippen LogP contribution in [0, 0.1) is 5.41 Å². The molecular weight excluding hydrogens is 558 g/mol. The van der Waals surface area contributed by atoms with Crippen molar-refractivity contribution < 1.29 is 15.0 Å². The predicted molar refractivity (Wildman–Crippen MR) is 169 cm³/mol. The number of aliphatic hydroxyl groups is 1.